The van der Waals surface area contributed by atoms with Crippen molar-refractivity contribution in [1.29, 1.82) is 5.26 Å². The van der Waals surface area contributed by atoms with E-state index >= 15 is 0 Å². The van der Waals surface area contributed by atoms with Crippen molar-refractivity contribution < 1.29 is 4.74 Å². The summed E-state index contributed by atoms with van der Waals surface area (Å²) in [4.78, 5) is 5.12. The van der Waals surface area contributed by atoms with Crippen LogP contribution >= 0.6 is 11.8 Å². The van der Waals surface area contributed by atoms with E-state index in [0.29, 0.717) is 17.1 Å². The van der Waals surface area contributed by atoms with Crippen LogP contribution in [0.25, 0.3) is 0 Å². The van der Waals surface area contributed by atoms with Crippen molar-refractivity contribution in [3.8, 4) is 17.6 Å². The maximum atomic E-state index is 9.29. The van der Waals surface area contributed by atoms with Gasteiger partial charge in [-0.1, -0.05) is 13.0 Å². The highest BCUT2D eigenvalue weighted by Crippen LogP contribution is 2.32. The van der Waals surface area contributed by atoms with Gasteiger partial charge >= 0.3 is 0 Å². The zero-order valence-electron chi connectivity index (χ0n) is 10.9. The maximum Gasteiger partial charge on any atom is 0.146 e. The van der Waals surface area contributed by atoms with Crippen molar-refractivity contribution in [2.45, 2.75) is 18.7 Å². The van der Waals surface area contributed by atoms with Gasteiger partial charge in [-0.3, -0.25) is 4.98 Å². The fourth-order valence-electron chi connectivity index (χ4n) is 1.62. The van der Waals surface area contributed by atoms with Crippen molar-refractivity contribution in [1.82, 2.24) is 4.98 Å². The number of hydrogen-bond acceptors (Lipinski definition) is 4. The molecule has 96 valence electrons. The minimum absolute atomic E-state index is 0.576. The molecular formula is C15H14N2OS. The second kappa shape index (κ2) is 6.26. The van der Waals surface area contributed by atoms with Crippen LogP contribution in [0.15, 0.2) is 41.4 Å². The summed E-state index contributed by atoms with van der Waals surface area (Å²) in [5, 5.41) is 9.29. The molecule has 0 spiro atoms. The standard InChI is InChI=1S/C15H14N2OS/c1-3-19-15-6-4-5-14(13(15)9-16)18-12-8-7-11(2)17-10-12/h4-8,10H,3H2,1-2H3. The third-order valence-electron chi connectivity index (χ3n) is 2.51. The predicted molar refractivity (Wildman–Crippen MR) is 76.6 cm³/mol. The van der Waals surface area contributed by atoms with Gasteiger partial charge in [0.05, 0.1) is 6.20 Å². The lowest BCUT2D eigenvalue weighted by Crippen LogP contribution is -1.91. The fourth-order valence-corrected chi connectivity index (χ4v) is 2.40. The van der Waals surface area contributed by atoms with Crippen molar-refractivity contribution in [2.75, 3.05) is 5.75 Å². The molecule has 0 atom stereocenters. The first-order valence-corrected chi connectivity index (χ1v) is 6.99. The Bertz CT molecular complexity index is 603. The van der Waals surface area contributed by atoms with Gasteiger partial charge in [-0.05, 0) is 36.9 Å². The Morgan fingerprint density at radius 2 is 2.16 bits per heavy atom. The molecule has 0 aliphatic carbocycles. The highest BCUT2D eigenvalue weighted by atomic mass is 32.2. The third kappa shape index (κ3) is 3.27. The summed E-state index contributed by atoms with van der Waals surface area (Å²) >= 11 is 1.64. The Morgan fingerprint density at radius 1 is 1.32 bits per heavy atom. The smallest absolute Gasteiger partial charge is 0.146 e. The number of nitrogens with zero attached hydrogens (tertiary/aromatic N) is 2. The summed E-state index contributed by atoms with van der Waals surface area (Å²) in [5.74, 6) is 2.14. The molecule has 0 saturated heterocycles. The van der Waals surface area contributed by atoms with Crippen LogP contribution in [0, 0.1) is 18.3 Å². The lowest BCUT2D eigenvalue weighted by atomic mass is 10.2. The van der Waals surface area contributed by atoms with E-state index in [1.807, 2.05) is 31.2 Å². The molecule has 0 aliphatic heterocycles. The topological polar surface area (TPSA) is 45.9 Å². The van der Waals surface area contributed by atoms with Crippen molar-refractivity contribution >= 4 is 11.8 Å². The molecular weight excluding hydrogens is 256 g/mol. The summed E-state index contributed by atoms with van der Waals surface area (Å²) in [7, 11) is 0. The summed E-state index contributed by atoms with van der Waals surface area (Å²) in [6.07, 6.45) is 1.66. The summed E-state index contributed by atoms with van der Waals surface area (Å²) < 4.78 is 5.74. The SMILES string of the molecule is CCSc1cccc(Oc2ccc(C)nc2)c1C#N. The van der Waals surface area contributed by atoms with Crippen LogP contribution in [0.2, 0.25) is 0 Å². The normalized spacial score (nSPS) is 9.95. The minimum Gasteiger partial charge on any atom is -0.454 e. The van der Waals surface area contributed by atoms with Gasteiger partial charge in [-0.25, -0.2) is 0 Å². The highest BCUT2D eigenvalue weighted by Gasteiger charge is 2.10. The predicted octanol–water partition coefficient (Wildman–Crippen LogP) is 4.17. The zero-order chi connectivity index (χ0) is 13.7. The molecule has 0 unspecified atom stereocenters. The lowest BCUT2D eigenvalue weighted by molar-refractivity contribution is 0.477. The van der Waals surface area contributed by atoms with E-state index in [1.54, 1.807) is 24.0 Å². The Labute approximate surface area is 117 Å². The number of aryl methyl sites for hydroxylation is 1. The summed E-state index contributed by atoms with van der Waals surface area (Å²) in [5.41, 5.74) is 1.51. The van der Waals surface area contributed by atoms with Crippen LogP contribution in [-0.2, 0) is 0 Å². The van der Waals surface area contributed by atoms with Crippen LogP contribution in [0.4, 0.5) is 0 Å². The van der Waals surface area contributed by atoms with E-state index in [0.717, 1.165) is 16.3 Å². The summed E-state index contributed by atoms with van der Waals surface area (Å²) in [6.45, 7) is 3.98. The van der Waals surface area contributed by atoms with E-state index in [9.17, 15) is 5.26 Å². The summed E-state index contributed by atoms with van der Waals surface area (Å²) in [6, 6.07) is 11.6. The first kappa shape index (κ1) is 13.4. The third-order valence-corrected chi connectivity index (χ3v) is 3.45. The molecule has 1 heterocycles. The number of aromatic nitrogens is 1. The van der Waals surface area contributed by atoms with Crippen molar-refractivity contribution in [3.63, 3.8) is 0 Å². The van der Waals surface area contributed by atoms with E-state index in [4.69, 9.17) is 4.74 Å². The van der Waals surface area contributed by atoms with Gasteiger partial charge in [-0.2, -0.15) is 5.26 Å². The Balaban J connectivity index is 2.32. The molecule has 4 heteroatoms. The number of pyridine rings is 1. The molecule has 0 saturated carbocycles. The molecule has 0 amide bonds. The number of nitriles is 1. The molecule has 2 rings (SSSR count). The number of thioether (sulfide) groups is 1. The second-order valence-corrected chi connectivity index (χ2v) is 5.22. The second-order valence-electron chi connectivity index (χ2n) is 3.91. The van der Waals surface area contributed by atoms with E-state index < -0.39 is 0 Å². The largest absolute Gasteiger partial charge is 0.454 e. The quantitative estimate of drug-likeness (QED) is 0.782. The number of ether oxygens (including phenoxy) is 1. The average Bonchev–Trinajstić information content (AvgIpc) is 2.42. The fraction of sp³-hybridized carbons (Fsp3) is 0.200. The van der Waals surface area contributed by atoms with Crippen LogP contribution in [0.3, 0.4) is 0 Å². The van der Waals surface area contributed by atoms with Gasteiger partial charge in [-0.15, -0.1) is 11.8 Å². The molecule has 1 aromatic carbocycles. The van der Waals surface area contributed by atoms with Gasteiger partial charge < -0.3 is 4.74 Å². The molecule has 0 fully saturated rings. The Kier molecular flexibility index (Phi) is 4.43. The first-order valence-electron chi connectivity index (χ1n) is 6.01. The molecule has 0 aliphatic rings. The van der Waals surface area contributed by atoms with Gasteiger partial charge in [0.25, 0.3) is 0 Å². The van der Waals surface area contributed by atoms with E-state index in [1.165, 1.54) is 0 Å². The van der Waals surface area contributed by atoms with Gasteiger partial charge in [0.1, 0.15) is 23.1 Å². The zero-order valence-corrected chi connectivity index (χ0v) is 11.7. The first-order chi connectivity index (χ1) is 9.24. The molecule has 0 bridgehead atoms. The van der Waals surface area contributed by atoms with Crippen molar-refractivity contribution in [3.05, 3.63) is 47.8 Å². The van der Waals surface area contributed by atoms with Crippen molar-refractivity contribution in [2.24, 2.45) is 0 Å². The number of hydrogen-bond donors (Lipinski definition) is 0. The van der Waals surface area contributed by atoms with Gasteiger partial charge in [0, 0.05) is 10.6 Å². The Morgan fingerprint density at radius 3 is 2.79 bits per heavy atom. The molecule has 3 nitrogen and oxygen atoms in total. The Hall–Kier alpha value is -1.99. The van der Waals surface area contributed by atoms with Crippen LogP contribution in [0.1, 0.15) is 18.2 Å². The lowest BCUT2D eigenvalue weighted by Gasteiger charge is -2.10. The molecule has 0 N–H and O–H groups in total. The van der Waals surface area contributed by atoms with E-state index in [-0.39, 0.29) is 0 Å². The van der Waals surface area contributed by atoms with Gasteiger partial charge in [0.2, 0.25) is 0 Å². The van der Waals surface area contributed by atoms with Gasteiger partial charge in [0.15, 0.2) is 0 Å². The molecule has 0 radical (unpaired) electrons. The minimum atomic E-state index is 0.576. The average molecular weight is 270 g/mol. The number of rotatable bonds is 4. The van der Waals surface area contributed by atoms with Crippen LogP contribution < -0.4 is 4.74 Å². The molecule has 2 aromatic rings. The van der Waals surface area contributed by atoms with Crippen LogP contribution in [0.5, 0.6) is 11.5 Å². The molecule has 19 heavy (non-hydrogen) atoms. The number of benzene rings is 1. The van der Waals surface area contributed by atoms with Crippen LogP contribution in [-0.4, -0.2) is 10.7 Å². The highest BCUT2D eigenvalue weighted by molar-refractivity contribution is 7.99. The maximum absolute atomic E-state index is 9.29. The molecule has 1 aromatic heterocycles. The monoisotopic (exact) mass is 270 g/mol. The van der Waals surface area contributed by atoms with E-state index in [2.05, 4.69) is 18.0 Å².